The zero-order chi connectivity index (χ0) is 12.4. The van der Waals surface area contributed by atoms with Crippen LogP contribution >= 0.6 is 0 Å². The molecule has 0 saturated heterocycles. The van der Waals surface area contributed by atoms with Crippen LogP contribution in [0.2, 0.25) is 19.6 Å². The lowest BCUT2D eigenvalue weighted by Gasteiger charge is -2.04. The van der Waals surface area contributed by atoms with Crippen molar-refractivity contribution in [2.24, 2.45) is 10.8 Å². The van der Waals surface area contributed by atoms with Crippen molar-refractivity contribution in [1.82, 2.24) is 0 Å². The standard InChI is InChI=1S/C9H16Si.C6H8/c1-9(5-6-9)7-8-10(2,3)4;1-3-6(2)4-5-6/h5-6H2,1-4H3;1H,4-5H2,2H3. The molecule has 0 amide bonds. The molecule has 0 aromatic carbocycles. The fourth-order valence-electron chi connectivity index (χ4n) is 0.983. The Labute approximate surface area is 102 Å². The predicted octanol–water partition coefficient (Wildman–Crippen LogP) is 4.09. The summed E-state index contributed by atoms with van der Waals surface area (Å²) in [4.78, 5) is 0. The maximum Gasteiger partial charge on any atom is 0.129 e. The van der Waals surface area contributed by atoms with Crippen molar-refractivity contribution in [2.45, 2.75) is 59.2 Å². The highest BCUT2D eigenvalue weighted by atomic mass is 28.3. The molecule has 16 heavy (non-hydrogen) atoms. The first-order valence-corrected chi connectivity index (χ1v) is 9.70. The van der Waals surface area contributed by atoms with Gasteiger partial charge in [0.05, 0.1) is 0 Å². The quantitative estimate of drug-likeness (QED) is 0.436. The number of terminal acetylenes is 1. The van der Waals surface area contributed by atoms with Gasteiger partial charge in [-0.15, -0.1) is 23.8 Å². The van der Waals surface area contributed by atoms with Crippen molar-refractivity contribution in [3.8, 4) is 23.8 Å². The third-order valence-electron chi connectivity index (χ3n) is 3.09. The van der Waals surface area contributed by atoms with Crippen LogP contribution < -0.4 is 0 Å². The van der Waals surface area contributed by atoms with Gasteiger partial charge in [-0.05, 0) is 39.5 Å². The number of rotatable bonds is 0. The van der Waals surface area contributed by atoms with Crippen LogP contribution in [0.15, 0.2) is 0 Å². The van der Waals surface area contributed by atoms with E-state index in [-0.39, 0.29) is 0 Å². The van der Waals surface area contributed by atoms with E-state index in [4.69, 9.17) is 6.42 Å². The molecule has 0 nitrogen and oxygen atoms in total. The highest BCUT2D eigenvalue weighted by molar-refractivity contribution is 6.83. The second-order valence-electron chi connectivity index (χ2n) is 6.77. The maximum absolute atomic E-state index is 5.12. The van der Waals surface area contributed by atoms with Crippen LogP contribution in [-0.4, -0.2) is 8.07 Å². The molecule has 0 heterocycles. The fourth-order valence-corrected chi connectivity index (χ4v) is 1.66. The van der Waals surface area contributed by atoms with Crippen molar-refractivity contribution >= 4 is 8.07 Å². The molecule has 2 aliphatic carbocycles. The Bertz CT molecular complexity index is 336. The van der Waals surface area contributed by atoms with E-state index >= 15 is 0 Å². The number of hydrogen-bond donors (Lipinski definition) is 0. The second kappa shape index (κ2) is 4.31. The van der Waals surface area contributed by atoms with Crippen LogP contribution in [0.1, 0.15) is 39.5 Å². The summed E-state index contributed by atoms with van der Waals surface area (Å²) in [6, 6.07) is 0. The van der Waals surface area contributed by atoms with Crippen LogP contribution in [0.3, 0.4) is 0 Å². The smallest absolute Gasteiger partial charge is 0.129 e. The molecule has 88 valence electrons. The first-order valence-electron chi connectivity index (χ1n) is 6.20. The zero-order valence-corrected chi connectivity index (χ0v) is 12.4. The van der Waals surface area contributed by atoms with Gasteiger partial charge in [-0.2, -0.15) is 0 Å². The maximum atomic E-state index is 5.12. The zero-order valence-electron chi connectivity index (χ0n) is 11.4. The molecule has 2 saturated carbocycles. The predicted molar refractivity (Wildman–Crippen MR) is 74.6 cm³/mol. The highest BCUT2D eigenvalue weighted by Gasteiger charge is 2.35. The van der Waals surface area contributed by atoms with Crippen LogP contribution in [0.4, 0.5) is 0 Å². The van der Waals surface area contributed by atoms with Crippen LogP contribution in [0.5, 0.6) is 0 Å². The second-order valence-corrected chi connectivity index (χ2v) is 11.5. The molecular formula is C15H24Si. The van der Waals surface area contributed by atoms with Gasteiger partial charge >= 0.3 is 0 Å². The number of hydrogen-bond acceptors (Lipinski definition) is 0. The lowest BCUT2D eigenvalue weighted by molar-refractivity contribution is 0.783. The summed E-state index contributed by atoms with van der Waals surface area (Å²) in [6.45, 7) is 11.3. The van der Waals surface area contributed by atoms with E-state index in [9.17, 15) is 0 Å². The highest BCUT2D eigenvalue weighted by Crippen LogP contribution is 2.44. The van der Waals surface area contributed by atoms with Gasteiger partial charge in [0.2, 0.25) is 0 Å². The van der Waals surface area contributed by atoms with Gasteiger partial charge in [0.25, 0.3) is 0 Å². The summed E-state index contributed by atoms with van der Waals surface area (Å²) in [5.74, 6) is 6.10. The van der Waals surface area contributed by atoms with Gasteiger partial charge in [-0.25, -0.2) is 0 Å². The molecule has 2 rings (SSSR count). The monoisotopic (exact) mass is 232 g/mol. The first-order chi connectivity index (χ1) is 7.18. The minimum absolute atomic E-state index is 0.319. The Balaban J connectivity index is 0.000000181. The molecular weight excluding hydrogens is 208 g/mol. The van der Waals surface area contributed by atoms with Crippen molar-refractivity contribution in [3.63, 3.8) is 0 Å². The van der Waals surface area contributed by atoms with Crippen LogP contribution in [0, 0.1) is 34.6 Å². The summed E-state index contributed by atoms with van der Waals surface area (Å²) >= 11 is 0. The Morgan fingerprint density at radius 3 is 1.56 bits per heavy atom. The topological polar surface area (TPSA) is 0 Å². The Hall–Kier alpha value is -0.663. The van der Waals surface area contributed by atoms with Crippen molar-refractivity contribution in [1.29, 1.82) is 0 Å². The van der Waals surface area contributed by atoms with E-state index in [1.54, 1.807) is 0 Å². The minimum atomic E-state index is -1.09. The average molecular weight is 232 g/mol. The van der Waals surface area contributed by atoms with E-state index in [0.29, 0.717) is 10.8 Å². The van der Waals surface area contributed by atoms with Crippen LogP contribution in [-0.2, 0) is 0 Å². The normalized spacial score (nSPS) is 22.8. The minimum Gasteiger partial charge on any atom is -0.131 e. The van der Waals surface area contributed by atoms with E-state index in [1.807, 2.05) is 0 Å². The van der Waals surface area contributed by atoms with Gasteiger partial charge in [0.1, 0.15) is 8.07 Å². The summed E-state index contributed by atoms with van der Waals surface area (Å²) in [7, 11) is -1.09. The fraction of sp³-hybridized carbons (Fsp3) is 0.733. The lowest BCUT2D eigenvalue weighted by atomic mass is 10.2. The molecule has 0 N–H and O–H groups in total. The van der Waals surface area contributed by atoms with Crippen molar-refractivity contribution in [2.75, 3.05) is 0 Å². The van der Waals surface area contributed by atoms with Gasteiger partial charge in [0.15, 0.2) is 0 Å². The van der Waals surface area contributed by atoms with Gasteiger partial charge < -0.3 is 0 Å². The third kappa shape index (κ3) is 5.43. The van der Waals surface area contributed by atoms with Gasteiger partial charge in [-0.1, -0.05) is 19.6 Å². The summed E-state index contributed by atoms with van der Waals surface area (Å²) in [5.41, 5.74) is 4.16. The summed E-state index contributed by atoms with van der Waals surface area (Å²) in [5, 5.41) is 0. The molecule has 0 radical (unpaired) electrons. The van der Waals surface area contributed by atoms with Gasteiger partial charge in [0, 0.05) is 10.8 Å². The van der Waals surface area contributed by atoms with Crippen LogP contribution in [0.25, 0.3) is 0 Å². The molecule has 2 aliphatic rings. The van der Waals surface area contributed by atoms with E-state index in [2.05, 4.69) is 50.9 Å². The van der Waals surface area contributed by atoms with E-state index < -0.39 is 8.07 Å². The molecule has 0 atom stereocenters. The average Bonchev–Trinajstić information content (AvgIpc) is 3.06. The van der Waals surface area contributed by atoms with Gasteiger partial charge in [-0.3, -0.25) is 0 Å². The largest absolute Gasteiger partial charge is 0.131 e. The molecule has 0 unspecified atom stereocenters. The molecule has 0 aliphatic heterocycles. The molecule has 0 spiro atoms. The van der Waals surface area contributed by atoms with Crippen molar-refractivity contribution < 1.29 is 0 Å². The SMILES string of the molecule is C#CC1(C)CC1.CC1(C#C[Si](C)(C)C)CC1. The molecule has 0 aromatic rings. The Morgan fingerprint density at radius 1 is 0.938 bits per heavy atom. The summed E-state index contributed by atoms with van der Waals surface area (Å²) < 4.78 is 0. The Kier molecular flexibility index (Phi) is 3.61. The first kappa shape index (κ1) is 13.4. The molecule has 2 fully saturated rings. The van der Waals surface area contributed by atoms with E-state index in [0.717, 1.165) is 0 Å². The third-order valence-corrected chi connectivity index (χ3v) is 3.96. The summed E-state index contributed by atoms with van der Waals surface area (Å²) in [6.07, 6.45) is 10.2. The Morgan fingerprint density at radius 2 is 1.38 bits per heavy atom. The van der Waals surface area contributed by atoms with E-state index in [1.165, 1.54) is 25.7 Å². The molecule has 0 aromatic heterocycles. The molecule has 1 heteroatoms. The molecule has 0 bridgehead atoms. The lowest BCUT2D eigenvalue weighted by Crippen LogP contribution is -2.16. The van der Waals surface area contributed by atoms with Crippen molar-refractivity contribution in [3.05, 3.63) is 0 Å².